The smallest absolute Gasteiger partial charge is 0.290 e. The third-order valence-electron chi connectivity index (χ3n) is 5.54. The van der Waals surface area contributed by atoms with E-state index in [0.29, 0.717) is 23.6 Å². The molecule has 1 aromatic rings. The van der Waals surface area contributed by atoms with E-state index in [-0.39, 0.29) is 11.4 Å². The minimum atomic E-state index is -0.639. The van der Waals surface area contributed by atoms with Crippen molar-refractivity contribution in [2.45, 2.75) is 19.4 Å². The lowest BCUT2D eigenvalue weighted by molar-refractivity contribution is -0.908. The monoisotopic (exact) mass is 405 g/mol. The van der Waals surface area contributed by atoms with E-state index in [1.54, 1.807) is 30.2 Å². The van der Waals surface area contributed by atoms with Crippen LogP contribution in [0.2, 0.25) is 0 Å². The first-order valence-electron chi connectivity index (χ1n) is 9.86. The highest BCUT2D eigenvalue weighted by molar-refractivity contribution is 6.08. The predicted molar refractivity (Wildman–Crippen MR) is 105 cm³/mol. The number of methoxy groups -OCH3 is 2. The number of aliphatic hydroxyl groups is 1. The largest absolute Gasteiger partial charge is 0.503 e. The zero-order valence-electron chi connectivity index (χ0n) is 17.2. The van der Waals surface area contributed by atoms with E-state index in [4.69, 9.17) is 14.2 Å². The van der Waals surface area contributed by atoms with Gasteiger partial charge in [-0.2, -0.15) is 0 Å². The molecule has 0 saturated carbocycles. The van der Waals surface area contributed by atoms with Gasteiger partial charge in [0.05, 0.1) is 45.6 Å². The Balaban J connectivity index is 1.84. The van der Waals surface area contributed by atoms with E-state index in [9.17, 15) is 14.7 Å². The first kappa shape index (κ1) is 21.1. The van der Waals surface area contributed by atoms with Gasteiger partial charge in [0.1, 0.15) is 13.1 Å². The number of Topliss-reactive ketones (excluding diaryl/α,β-unsaturated/α-hetero) is 1. The van der Waals surface area contributed by atoms with Crippen LogP contribution < -0.4 is 14.4 Å². The maximum absolute atomic E-state index is 12.7. The van der Waals surface area contributed by atoms with Gasteiger partial charge in [-0.25, -0.2) is 0 Å². The first-order valence-corrected chi connectivity index (χ1v) is 9.86. The minimum absolute atomic E-state index is 0.126. The summed E-state index contributed by atoms with van der Waals surface area (Å²) >= 11 is 0. The van der Waals surface area contributed by atoms with Crippen molar-refractivity contribution < 1.29 is 33.8 Å². The molecule has 0 aliphatic carbocycles. The predicted octanol–water partition coefficient (Wildman–Crippen LogP) is 0.293. The quantitative estimate of drug-likeness (QED) is 0.646. The van der Waals surface area contributed by atoms with Gasteiger partial charge < -0.3 is 29.1 Å². The first-order chi connectivity index (χ1) is 14.0. The normalized spacial score (nSPS) is 20.3. The van der Waals surface area contributed by atoms with Gasteiger partial charge in [0.15, 0.2) is 23.0 Å². The third kappa shape index (κ3) is 4.38. The van der Waals surface area contributed by atoms with Crippen molar-refractivity contribution >= 4 is 11.7 Å². The standard InChI is InChI=1S/C21H28N2O6/c1-14(24)18-19(15-5-6-16(27-2)17(13-15)28-3)23(21(26)20(18)25)8-4-7-22-9-11-29-12-10-22/h5-6,13,19,25H,4,7-12H2,1-3H3/p+1/t19-/m0/s1. The van der Waals surface area contributed by atoms with E-state index in [1.165, 1.54) is 18.9 Å². The molecule has 1 saturated heterocycles. The maximum atomic E-state index is 12.7. The summed E-state index contributed by atoms with van der Waals surface area (Å²) in [5.74, 6) is -0.232. The van der Waals surface area contributed by atoms with Crippen LogP contribution in [0.15, 0.2) is 29.5 Å². The minimum Gasteiger partial charge on any atom is -0.503 e. The average molecular weight is 405 g/mol. The van der Waals surface area contributed by atoms with Gasteiger partial charge in [0, 0.05) is 13.0 Å². The molecule has 0 spiro atoms. The Morgan fingerprint density at radius 2 is 1.93 bits per heavy atom. The molecule has 0 radical (unpaired) electrons. The van der Waals surface area contributed by atoms with Crippen LogP contribution in [0.1, 0.15) is 24.9 Å². The molecule has 1 aromatic carbocycles. The van der Waals surface area contributed by atoms with Crippen LogP contribution in [0.5, 0.6) is 11.5 Å². The lowest BCUT2D eigenvalue weighted by Crippen LogP contribution is -3.14. The van der Waals surface area contributed by atoms with Gasteiger partial charge in [-0.1, -0.05) is 6.07 Å². The molecule has 2 heterocycles. The van der Waals surface area contributed by atoms with Crippen LogP contribution in [-0.2, 0) is 14.3 Å². The van der Waals surface area contributed by atoms with Crippen molar-refractivity contribution in [3.63, 3.8) is 0 Å². The average Bonchev–Trinajstić information content (AvgIpc) is 2.99. The number of carbonyl (C=O) groups excluding carboxylic acids is 2. The highest BCUT2D eigenvalue weighted by atomic mass is 16.5. The van der Waals surface area contributed by atoms with Gasteiger partial charge in [0.25, 0.3) is 5.91 Å². The lowest BCUT2D eigenvalue weighted by Gasteiger charge is -2.28. The van der Waals surface area contributed by atoms with Crippen LogP contribution in [0, 0.1) is 0 Å². The number of amides is 1. The number of hydrogen-bond acceptors (Lipinski definition) is 6. The summed E-state index contributed by atoms with van der Waals surface area (Å²) in [5.41, 5.74) is 0.824. The summed E-state index contributed by atoms with van der Waals surface area (Å²) in [7, 11) is 3.08. The SMILES string of the molecule is COc1ccc([C@H]2C(C(C)=O)=C(O)C(=O)N2CCC[NH+]2CCOCC2)cc1OC. The van der Waals surface area contributed by atoms with Crippen LogP contribution >= 0.6 is 0 Å². The fourth-order valence-electron chi connectivity index (χ4n) is 4.02. The molecule has 1 atom stereocenters. The molecule has 0 unspecified atom stereocenters. The van der Waals surface area contributed by atoms with E-state index >= 15 is 0 Å². The molecule has 158 valence electrons. The molecule has 1 fully saturated rings. The molecule has 3 rings (SSSR count). The molecular formula is C21H29N2O6+. The second-order valence-corrected chi connectivity index (χ2v) is 7.30. The molecule has 2 N–H and O–H groups in total. The Kier molecular flexibility index (Phi) is 6.76. The van der Waals surface area contributed by atoms with Crippen molar-refractivity contribution in [1.82, 2.24) is 4.90 Å². The van der Waals surface area contributed by atoms with Gasteiger partial charge in [-0.05, 0) is 24.6 Å². The van der Waals surface area contributed by atoms with E-state index in [2.05, 4.69) is 0 Å². The van der Waals surface area contributed by atoms with E-state index in [1.807, 2.05) is 0 Å². The molecule has 29 heavy (non-hydrogen) atoms. The number of hydrogen-bond donors (Lipinski definition) is 2. The molecule has 0 bridgehead atoms. The lowest BCUT2D eigenvalue weighted by atomic mass is 9.96. The van der Waals surface area contributed by atoms with Crippen molar-refractivity contribution in [2.24, 2.45) is 0 Å². The van der Waals surface area contributed by atoms with Crippen LogP contribution in [0.4, 0.5) is 0 Å². The third-order valence-corrected chi connectivity index (χ3v) is 5.54. The van der Waals surface area contributed by atoms with Crippen molar-refractivity contribution in [1.29, 1.82) is 0 Å². The van der Waals surface area contributed by atoms with Gasteiger partial charge in [-0.15, -0.1) is 0 Å². The maximum Gasteiger partial charge on any atom is 0.290 e. The number of benzene rings is 1. The Bertz CT molecular complexity index is 800. The number of quaternary nitrogens is 1. The summed E-state index contributed by atoms with van der Waals surface area (Å²) < 4.78 is 16.0. The molecule has 1 amide bonds. The second-order valence-electron chi connectivity index (χ2n) is 7.30. The summed E-state index contributed by atoms with van der Waals surface area (Å²) in [4.78, 5) is 28.0. The molecular weight excluding hydrogens is 376 g/mol. The van der Waals surface area contributed by atoms with Crippen molar-refractivity contribution in [2.75, 3.05) is 53.6 Å². The summed E-state index contributed by atoms with van der Waals surface area (Å²) in [6.07, 6.45) is 0.767. The molecule has 2 aliphatic rings. The summed E-state index contributed by atoms with van der Waals surface area (Å²) in [6, 6.07) is 4.64. The summed E-state index contributed by atoms with van der Waals surface area (Å²) in [5, 5.41) is 10.4. The molecule has 2 aliphatic heterocycles. The number of ether oxygens (including phenoxy) is 3. The summed E-state index contributed by atoms with van der Waals surface area (Å²) in [6.45, 7) is 6.13. The van der Waals surface area contributed by atoms with E-state index < -0.39 is 17.7 Å². The van der Waals surface area contributed by atoms with Gasteiger partial charge in [0.2, 0.25) is 0 Å². The Labute approximate surface area is 170 Å². The topological polar surface area (TPSA) is 89.7 Å². The Morgan fingerprint density at radius 1 is 1.24 bits per heavy atom. The number of nitrogens with zero attached hydrogens (tertiary/aromatic N) is 1. The zero-order chi connectivity index (χ0) is 21.0. The Hall–Kier alpha value is -2.58. The number of aliphatic hydroxyl groups excluding tert-OH is 1. The molecule has 0 aromatic heterocycles. The number of ketones is 1. The fourth-order valence-corrected chi connectivity index (χ4v) is 4.02. The van der Waals surface area contributed by atoms with Crippen LogP contribution in [0.3, 0.4) is 0 Å². The van der Waals surface area contributed by atoms with Gasteiger partial charge in [-0.3, -0.25) is 9.59 Å². The second kappa shape index (κ2) is 9.28. The fraction of sp³-hybridized carbons (Fsp3) is 0.524. The number of nitrogens with one attached hydrogen (secondary N) is 1. The molecule has 8 heteroatoms. The number of rotatable bonds is 8. The van der Waals surface area contributed by atoms with Gasteiger partial charge >= 0.3 is 0 Å². The van der Waals surface area contributed by atoms with Crippen molar-refractivity contribution in [3.05, 3.63) is 35.1 Å². The number of morpholine rings is 1. The van der Waals surface area contributed by atoms with Crippen LogP contribution in [-0.4, -0.2) is 75.3 Å². The highest BCUT2D eigenvalue weighted by Crippen LogP contribution is 2.40. The molecule has 8 nitrogen and oxygen atoms in total. The highest BCUT2D eigenvalue weighted by Gasteiger charge is 2.42. The van der Waals surface area contributed by atoms with Crippen LogP contribution in [0.25, 0.3) is 0 Å². The zero-order valence-corrected chi connectivity index (χ0v) is 17.2. The van der Waals surface area contributed by atoms with Crippen molar-refractivity contribution in [3.8, 4) is 11.5 Å². The number of carbonyl (C=O) groups is 2. The Morgan fingerprint density at radius 3 is 2.55 bits per heavy atom. The van der Waals surface area contributed by atoms with E-state index in [0.717, 1.165) is 39.3 Å².